The van der Waals surface area contributed by atoms with Crippen LogP contribution in [0.15, 0.2) is 30.9 Å². The zero-order valence-electron chi connectivity index (χ0n) is 11.0. The summed E-state index contributed by atoms with van der Waals surface area (Å²) in [4.78, 5) is 3.95. The van der Waals surface area contributed by atoms with Gasteiger partial charge in [0.25, 0.3) is 0 Å². The molecule has 2 rings (SSSR count). The van der Waals surface area contributed by atoms with Crippen LogP contribution >= 0.6 is 0 Å². The molecule has 0 radical (unpaired) electrons. The highest BCUT2D eigenvalue weighted by atomic mass is 19.3. The second-order valence-corrected chi connectivity index (χ2v) is 4.92. The number of imidazole rings is 1. The van der Waals surface area contributed by atoms with Gasteiger partial charge in [0, 0.05) is 30.8 Å². The molecule has 4 nitrogen and oxygen atoms in total. The smallest absolute Gasteiger partial charge is 0.319 e. The molecule has 0 amide bonds. The Morgan fingerprint density at radius 2 is 2.05 bits per heavy atom. The zero-order chi connectivity index (χ0) is 14.0. The van der Waals surface area contributed by atoms with E-state index in [0.717, 1.165) is 10.1 Å². The molecule has 19 heavy (non-hydrogen) atoms. The number of hydrogen-bond donors (Lipinski definition) is 1. The Labute approximate surface area is 110 Å². The third-order valence-corrected chi connectivity index (χ3v) is 3.16. The van der Waals surface area contributed by atoms with Gasteiger partial charge in [0.2, 0.25) is 0 Å². The van der Waals surface area contributed by atoms with E-state index >= 15 is 0 Å². The molecular weight excluding hydrogens is 250 g/mol. The van der Waals surface area contributed by atoms with Gasteiger partial charge >= 0.3 is 6.55 Å². The Bertz CT molecular complexity index is 530. The summed E-state index contributed by atoms with van der Waals surface area (Å²) >= 11 is 0. The number of alkyl halides is 2. The van der Waals surface area contributed by atoms with E-state index in [-0.39, 0.29) is 6.04 Å². The molecule has 0 aromatic carbocycles. The van der Waals surface area contributed by atoms with Crippen molar-refractivity contribution in [3.8, 4) is 0 Å². The number of halogens is 2. The third-order valence-electron chi connectivity index (χ3n) is 3.16. The number of nitrogens with zero attached hydrogens (tertiary/aromatic N) is 3. The van der Waals surface area contributed by atoms with Gasteiger partial charge in [-0.1, -0.05) is 13.8 Å². The van der Waals surface area contributed by atoms with Gasteiger partial charge in [-0.3, -0.25) is 4.57 Å². The fourth-order valence-corrected chi connectivity index (χ4v) is 1.95. The Morgan fingerprint density at radius 3 is 2.68 bits per heavy atom. The van der Waals surface area contributed by atoms with Crippen LogP contribution in [0.25, 0.3) is 0 Å². The third kappa shape index (κ3) is 3.01. The van der Waals surface area contributed by atoms with Crippen LogP contribution in [0.1, 0.15) is 37.8 Å². The summed E-state index contributed by atoms with van der Waals surface area (Å²) in [6, 6.07) is 1.87. The lowest BCUT2D eigenvalue weighted by Gasteiger charge is -2.13. The summed E-state index contributed by atoms with van der Waals surface area (Å²) in [7, 11) is 0. The summed E-state index contributed by atoms with van der Waals surface area (Å²) < 4.78 is 28.1. The van der Waals surface area contributed by atoms with Crippen molar-refractivity contribution in [1.82, 2.24) is 14.1 Å². The minimum Gasteiger partial charge on any atom is -0.346 e. The van der Waals surface area contributed by atoms with Gasteiger partial charge in [-0.2, -0.15) is 8.78 Å². The first-order valence-electron chi connectivity index (χ1n) is 6.20. The van der Waals surface area contributed by atoms with Crippen LogP contribution in [0.3, 0.4) is 0 Å². The Hall–Kier alpha value is -1.69. The van der Waals surface area contributed by atoms with Crippen molar-refractivity contribution in [3.63, 3.8) is 0 Å². The van der Waals surface area contributed by atoms with E-state index in [9.17, 15) is 8.78 Å². The van der Waals surface area contributed by atoms with Crippen molar-refractivity contribution in [1.29, 1.82) is 0 Å². The van der Waals surface area contributed by atoms with Crippen molar-refractivity contribution in [2.45, 2.75) is 33.0 Å². The molecule has 0 aliphatic heterocycles. The molecule has 1 unspecified atom stereocenters. The number of nitrogens with two attached hydrogens (primary N) is 1. The fraction of sp³-hybridized carbons (Fsp3) is 0.462. The number of rotatable bonds is 5. The van der Waals surface area contributed by atoms with Crippen molar-refractivity contribution in [2.75, 3.05) is 0 Å². The maximum absolute atomic E-state index is 12.7. The summed E-state index contributed by atoms with van der Waals surface area (Å²) in [6.45, 7) is 1.84. The van der Waals surface area contributed by atoms with Crippen LogP contribution in [0.2, 0.25) is 0 Å². The predicted octanol–water partition coefficient (Wildman–Crippen LogP) is 2.78. The van der Waals surface area contributed by atoms with Gasteiger partial charge in [-0.25, -0.2) is 4.98 Å². The lowest BCUT2D eigenvalue weighted by molar-refractivity contribution is 0.0667. The summed E-state index contributed by atoms with van der Waals surface area (Å²) in [5, 5.41) is 0. The number of hydrogen-bond acceptors (Lipinski definition) is 2. The summed E-state index contributed by atoms with van der Waals surface area (Å²) in [6.07, 6.45) is 6.38. The van der Waals surface area contributed by atoms with Crippen molar-refractivity contribution in [3.05, 3.63) is 42.2 Å². The van der Waals surface area contributed by atoms with Crippen molar-refractivity contribution >= 4 is 0 Å². The largest absolute Gasteiger partial charge is 0.346 e. The van der Waals surface area contributed by atoms with E-state index < -0.39 is 6.55 Å². The van der Waals surface area contributed by atoms with Gasteiger partial charge in [0.15, 0.2) is 0 Å². The van der Waals surface area contributed by atoms with Crippen LogP contribution in [-0.4, -0.2) is 14.1 Å². The van der Waals surface area contributed by atoms with Gasteiger partial charge in [0.1, 0.15) is 5.82 Å². The monoisotopic (exact) mass is 268 g/mol. The fourth-order valence-electron chi connectivity index (χ4n) is 1.95. The predicted molar refractivity (Wildman–Crippen MR) is 68.8 cm³/mol. The number of aromatic nitrogens is 3. The maximum Gasteiger partial charge on any atom is 0.319 e. The molecule has 104 valence electrons. The van der Waals surface area contributed by atoms with E-state index in [1.54, 1.807) is 0 Å². The highest BCUT2D eigenvalue weighted by molar-refractivity contribution is 5.16. The zero-order valence-corrected chi connectivity index (χ0v) is 11.0. The molecule has 1 atom stereocenters. The van der Waals surface area contributed by atoms with E-state index in [2.05, 4.69) is 4.98 Å². The summed E-state index contributed by atoms with van der Waals surface area (Å²) in [5.74, 6) is 0.661. The van der Waals surface area contributed by atoms with Crippen LogP contribution in [0.4, 0.5) is 8.78 Å². The van der Waals surface area contributed by atoms with Crippen LogP contribution in [0.5, 0.6) is 0 Å². The first kappa shape index (κ1) is 13.7. The first-order chi connectivity index (χ1) is 8.99. The quantitative estimate of drug-likeness (QED) is 0.906. The Morgan fingerprint density at radius 1 is 1.32 bits per heavy atom. The molecule has 2 aromatic heterocycles. The topological polar surface area (TPSA) is 48.8 Å². The second kappa shape index (κ2) is 5.52. The lowest BCUT2D eigenvalue weighted by atomic mass is 10.00. The van der Waals surface area contributed by atoms with Gasteiger partial charge in [0.05, 0.1) is 6.54 Å². The molecule has 0 spiro atoms. The average Bonchev–Trinajstić information content (AvgIpc) is 2.97. The first-order valence-corrected chi connectivity index (χ1v) is 6.20. The molecule has 6 heteroatoms. The SMILES string of the molecule is CC(C)C(N)c1ccn(Cc2nccn2C(F)F)c1. The van der Waals surface area contributed by atoms with E-state index in [0.29, 0.717) is 18.3 Å². The minimum atomic E-state index is -2.56. The molecular formula is C13H18F2N4. The highest BCUT2D eigenvalue weighted by Crippen LogP contribution is 2.20. The average molecular weight is 268 g/mol. The molecule has 0 saturated heterocycles. The normalized spacial score (nSPS) is 13.4. The van der Waals surface area contributed by atoms with Gasteiger partial charge in [-0.05, 0) is 17.5 Å². The molecule has 0 fully saturated rings. The minimum absolute atomic E-state index is 0.0453. The Balaban J connectivity index is 2.14. The molecule has 2 heterocycles. The molecule has 0 bridgehead atoms. The van der Waals surface area contributed by atoms with Crippen molar-refractivity contribution < 1.29 is 8.78 Å². The standard InChI is InChI=1S/C13H18F2N4/c1-9(2)12(16)10-3-5-18(7-10)8-11-17-4-6-19(11)13(14)15/h3-7,9,12-13H,8,16H2,1-2H3. The Kier molecular flexibility index (Phi) is 3.99. The molecule has 0 aliphatic rings. The van der Waals surface area contributed by atoms with E-state index in [1.165, 1.54) is 12.4 Å². The summed E-state index contributed by atoms with van der Waals surface area (Å²) in [5.41, 5.74) is 7.05. The molecule has 0 saturated carbocycles. The lowest BCUT2D eigenvalue weighted by Crippen LogP contribution is -2.16. The van der Waals surface area contributed by atoms with Crippen LogP contribution < -0.4 is 5.73 Å². The highest BCUT2D eigenvalue weighted by Gasteiger charge is 2.14. The van der Waals surface area contributed by atoms with E-state index in [1.807, 2.05) is 36.9 Å². The van der Waals surface area contributed by atoms with Gasteiger partial charge in [-0.15, -0.1) is 0 Å². The van der Waals surface area contributed by atoms with Crippen LogP contribution in [-0.2, 0) is 6.54 Å². The molecule has 2 aromatic rings. The maximum atomic E-state index is 12.7. The van der Waals surface area contributed by atoms with Crippen molar-refractivity contribution in [2.24, 2.45) is 11.7 Å². The molecule has 2 N–H and O–H groups in total. The molecule has 0 aliphatic carbocycles. The van der Waals surface area contributed by atoms with Crippen LogP contribution in [0, 0.1) is 5.92 Å². The second-order valence-electron chi connectivity index (χ2n) is 4.92. The van der Waals surface area contributed by atoms with E-state index in [4.69, 9.17) is 5.73 Å². The van der Waals surface area contributed by atoms with Gasteiger partial charge < -0.3 is 10.3 Å².